The molecule has 3 atom stereocenters. The van der Waals surface area contributed by atoms with Gasteiger partial charge in [-0.25, -0.2) is 13.9 Å². The number of aliphatic hydroxyl groups is 1. The molecule has 0 aliphatic heterocycles. The first kappa shape index (κ1) is 25.8. The Morgan fingerprint density at radius 3 is 2.73 bits per heavy atom. The molecule has 0 radical (unpaired) electrons. The number of methoxy groups -OCH3 is 1. The normalized spacial score (nSPS) is 17.7. The van der Waals surface area contributed by atoms with E-state index in [0.717, 1.165) is 41.7 Å². The molecule has 0 bridgehead atoms. The van der Waals surface area contributed by atoms with Crippen molar-refractivity contribution in [2.45, 2.75) is 51.0 Å². The average Bonchev–Trinajstić information content (AvgIpc) is 3.72. The number of anilines is 1. The first-order chi connectivity index (χ1) is 19.5. The molecule has 1 fully saturated rings. The summed E-state index contributed by atoms with van der Waals surface area (Å²) in [6.07, 6.45) is 9.65. The van der Waals surface area contributed by atoms with E-state index in [2.05, 4.69) is 15.5 Å². The van der Waals surface area contributed by atoms with Gasteiger partial charge in [-0.1, -0.05) is 12.1 Å². The Balaban J connectivity index is 1.21. The van der Waals surface area contributed by atoms with Crippen LogP contribution in [0.25, 0.3) is 16.8 Å². The van der Waals surface area contributed by atoms with E-state index in [0.29, 0.717) is 29.4 Å². The maximum atomic E-state index is 14.3. The van der Waals surface area contributed by atoms with Crippen LogP contribution in [0.5, 0.6) is 11.5 Å². The van der Waals surface area contributed by atoms with E-state index in [4.69, 9.17) is 14.5 Å². The number of aliphatic hydroxyl groups excluding tert-OH is 1. The van der Waals surface area contributed by atoms with Crippen LogP contribution in [-0.4, -0.2) is 42.7 Å². The summed E-state index contributed by atoms with van der Waals surface area (Å²) in [6, 6.07) is 13.7. The lowest BCUT2D eigenvalue weighted by molar-refractivity contribution is 0.130. The predicted octanol–water partition coefficient (Wildman–Crippen LogP) is 5.58. The lowest BCUT2D eigenvalue weighted by Crippen LogP contribution is -2.18. The third-order valence-corrected chi connectivity index (χ3v) is 7.42. The van der Waals surface area contributed by atoms with E-state index >= 15 is 0 Å². The Kier molecular flexibility index (Phi) is 7.08. The maximum Gasteiger partial charge on any atom is 0.165 e. The molecule has 3 unspecified atom stereocenters. The zero-order valence-corrected chi connectivity index (χ0v) is 22.4. The number of nitrogens with one attached hydrogen (secondary N) is 1. The molecule has 0 saturated heterocycles. The Hall–Kier alpha value is -4.44. The highest BCUT2D eigenvalue weighted by atomic mass is 19.1. The minimum Gasteiger partial charge on any atom is -0.497 e. The zero-order valence-electron chi connectivity index (χ0n) is 22.4. The van der Waals surface area contributed by atoms with Gasteiger partial charge >= 0.3 is 0 Å². The van der Waals surface area contributed by atoms with E-state index in [1.807, 2.05) is 54.3 Å². The standard InChI is InChI=1S/C30H31FN6O3/c1-19(24-14-22(31)8-11-28(24)40-18-20-6-9-23(39-2)10-7-20)34-29-12-13-36-30(35-29)25(16-33-36)21-15-32-37(17-21)26-4-3-5-27(26)38/h6-17,19,26-27,38H,3-5,18H2,1-2H3,(H,34,35). The second-order valence-electron chi connectivity index (χ2n) is 10.1. The second kappa shape index (κ2) is 11.0. The zero-order chi connectivity index (χ0) is 27.6. The molecule has 0 spiro atoms. The molecule has 1 saturated carbocycles. The summed E-state index contributed by atoms with van der Waals surface area (Å²) in [5, 5.41) is 22.6. The van der Waals surface area contributed by atoms with Crippen molar-refractivity contribution in [3.05, 3.63) is 90.3 Å². The van der Waals surface area contributed by atoms with Crippen molar-refractivity contribution < 1.29 is 19.0 Å². The van der Waals surface area contributed by atoms with Crippen LogP contribution in [0.2, 0.25) is 0 Å². The summed E-state index contributed by atoms with van der Waals surface area (Å²) >= 11 is 0. The first-order valence-electron chi connectivity index (χ1n) is 13.4. The van der Waals surface area contributed by atoms with Crippen LogP contribution in [0, 0.1) is 5.82 Å². The molecule has 2 N–H and O–H groups in total. The number of fused-ring (bicyclic) bond motifs is 1. The predicted molar refractivity (Wildman–Crippen MR) is 149 cm³/mol. The first-order valence-corrected chi connectivity index (χ1v) is 13.4. The van der Waals surface area contributed by atoms with Gasteiger partial charge in [0, 0.05) is 29.1 Å². The van der Waals surface area contributed by atoms with Gasteiger partial charge in [-0.3, -0.25) is 4.68 Å². The van der Waals surface area contributed by atoms with Crippen LogP contribution in [0.3, 0.4) is 0 Å². The maximum absolute atomic E-state index is 14.3. The van der Waals surface area contributed by atoms with Crippen LogP contribution in [0.15, 0.2) is 73.3 Å². The van der Waals surface area contributed by atoms with E-state index in [-0.39, 0.29) is 24.0 Å². The van der Waals surface area contributed by atoms with Crippen LogP contribution >= 0.6 is 0 Å². The molecule has 1 aliphatic carbocycles. The molecule has 40 heavy (non-hydrogen) atoms. The second-order valence-corrected chi connectivity index (χ2v) is 10.1. The summed E-state index contributed by atoms with van der Waals surface area (Å²) in [5.41, 5.74) is 4.04. The van der Waals surface area contributed by atoms with Crippen LogP contribution < -0.4 is 14.8 Å². The van der Waals surface area contributed by atoms with E-state index in [9.17, 15) is 9.50 Å². The number of ether oxygens (including phenoxy) is 2. The van der Waals surface area contributed by atoms with E-state index in [1.54, 1.807) is 30.1 Å². The summed E-state index contributed by atoms with van der Waals surface area (Å²) in [4.78, 5) is 4.82. The molecule has 1 aliphatic rings. The van der Waals surface area contributed by atoms with Crippen molar-refractivity contribution in [1.29, 1.82) is 0 Å². The molecular weight excluding hydrogens is 511 g/mol. The quantitative estimate of drug-likeness (QED) is 0.251. The molecule has 206 valence electrons. The minimum atomic E-state index is -0.375. The molecule has 2 aromatic carbocycles. The van der Waals surface area contributed by atoms with Crippen LogP contribution in [0.1, 0.15) is 49.4 Å². The van der Waals surface area contributed by atoms with Gasteiger partial charge < -0.3 is 19.9 Å². The number of hydrogen-bond acceptors (Lipinski definition) is 7. The van der Waals surface area contributed by atoms with Crippen molar-refractivity contribution in [1.82, 2.24) is 24.4 Å². The third kappa shape index (κ3) is 5.22. The summed E-state index contributed by atoms with van der Waals surface area (Å²) in [6.45, 7) is 2.28. The van der Waals surface area contributed by atoms with Gasteiger partial charge in [0.05, 0.1) is 37.7 Å². The number of nitrogens with zero attached hydrogens (tertiary/aromatic N) is 5. The SMILES string of the molecule is COc1ccc(COc2ccc(F)cc2C(C)Nc2ccn3ncc(-c4cnn(C5CCCC5O)c4)c3n2)cc1. The van der Waals surface area contributed by atoms with E-state index in [1.165, 1.54) is 12.1 Å². The number of halogens is 1. The summed E-state index contributed by atoms with van der Waals surface area (Å²) in [5.74, 6) is 1.64. The van der Waals surface area contributed by atoms with Gasteiger partial charge in [0.25, 0.3) is 0 Å². The van der Waals surface area contributed by atoms with Crippen molar-refractivity contribution in [3.63, 3.8) is 0 Å². The van der Waals surface area contributed by atoms with Crippen molar-refractivity contribution in [2.75, 3.05) is 12.4 Å². The Morgan fingerprint density at radius 2 is 1.95 bits per heavy atom. The number of aromatic nitrogens is 5. The molecule has 0 amide bonds. The lowest BCUT2D eigenvalue weighted by atomic mass is 10.1. The van der Waals surface area contributed by atoms with E-state index < -0.39 is 0 Å². The Labute approximate surface area is 231 Å². The highest BCUT2D eigenvalue weighted by molar-refractivity contribution is 5.77. The Bertz CT molecular complexity index is 1620. The van der Waals surface area contributed by atoms with Crippen molar-refractivity contribution in [3.8, 4) is 22.6 Å². The fraction of sp³-hybridized carbons (Fsp3) is 0.300. The minimum absolute atomic E-state index is 0.00553. The third-order valence-electron chi connectivity index (χ3n) is 7.42. The van der Waals surface area contributed by atoms with Gasteiger partial charge in [0.15, 0.2) is 5.65 Å². The topological polar surface area (TPSA) is 98.7 Å². The molecule has 5 aromatic rings. The fourth-order valence-electron chi connectivity index (χ4n) is 5.21. The van der Waals surface area contributed by atoms with Gasteiger partial charge in [-0.05, 0) is 68.1 Å². The lowest BCUT2D eigenvalue weighted by Gasteiger charge is -2.19. The highest BCUT2D eigenvalue weighted by Crippen LogP contribution is 2.33. The summed E-state index contributed by atoms with van der Waals surface area (Å²) < 4.78 is 29.1. The fourth-order valence-corrected chi connectivity index (χ4v) is 5.21. The molecule has 3 aromatic heterocycles. The van der Waals surface area contributed by atoms with Crippen molar-refractivity contribution >= 4 is 11.5 Å². The monoisotopic (exact) mass is 542 g/mol. The number of rotatable bonds is 9. The van der Waals surface area contributed by atoms with Gasteiger partial charge in [0.1, 0.15) is 29.7 Å². The molecule has 9 nitrogen and oxygen atoms in total. The summed E-state index contributed by atoms with van der Waals surface area (Å²) in [7, 11) is 1.63. The molecule has 3 heterocycles. The molecular formula is C30H31FN6O3. The van der Waals surface area contributed by atoms with Gasteiger partial charge in [-0.2, -0.15) is 10.2 Å². The Morgan fingerprint density at radius 1 is 1.10 bits per heavy atom. The molecule has 6 rings (SSSR count). The van der Waals surface area contributed by atoms with Crippen LogP contribution in [-0.2, 0) is 6.61 Å². The smallest absolute Gasteiger partial charge is 0.165 e. The van der Waals surface area contributed by atoms with Gasteiger partial charge in [0.2, 0.25) is 0 Å². The number of benzene rings is 2. The largest absolute Gasteiger partial charge is 0.497 e. The number of hydrogen-bond donors (Lipinski definition) is 2. The highest BCUT2D eigenvalue weighted by Gasteiger charge is 2.27. The average molecular weight is 543 g/mol. The van der Waals surface area contributed by atoms with Gasteiger partial charge in [-0.15, -0.1) is 0 Å². The van der Waals surface area contributed by atoms with Crippen LogP contribution in [0.4, 0.5) is 10.2 Å². The van der Waals surface area contributed by atoms with Crippen molar-refractivity contribution in [2.24, 2.45) is 0 Å². The molecule has 10 heteroatoms.